The molecule has 0 amide bonds. The topological polar surface area (TPSA) is 58.2 Å². The third-order valence-electron chi connectivity index (χ3n) is 3.18. The van der Waals surface area contributed by atoms with Crippen molar-refractivity contribution >= 4 is 37.3 Å². The number of rotatable bonds is 6. The van der Waals surface area contributed by atoms with Crippen molar-refractivity contribution in [1.29, 1.82) is 0 Å². The molecule has 1 aromatic heterocycles. The summed E-state index contributed by atoms with van der Waals surface area (Å²) in [5.74, 6) is 0. The van der Waals surface area contributed by atoms with E-state index in [4.69, 9.17) is 0 Å². The van der Waals surface area contributed by atoms with Crippen LogP contribution in [0.25, 0.3) is 0 Å². The lowest BCUT2D eigenvalue weighted by Crippen LogP contribution is -2.23. The summed E-state index contributed by atoms with van der Waals surface area (Å²) in [6.45, 7) is 2.32. The number of benzene rings is 1. The molecule has 0 fully saturated rings. The predicted octanol–water partition coefficient (Wildman–Crippen LogP) is 3.27. The van der Waals surface area contributed by atoms with Crippen LogP contribution in [0.15, 0.2) is 45.1 Å². The standard InChI is InChI=1S/C14H17BrN2O2S2/c1-10(16-2)11-3-5-14(6-4-11)21(18,19)17-8-13-7-12(15)9-20-13/h3-7,9-10,16-17H,8H2,1-2H3. The van der Waals surface area contributed by atoms with Crippen molar-refractivity contribution in [3.8, 4) is 0 Å². The lowest BCUT2D eigenvalue weighted by molar-refractivity contribution is 0.581. The molecular weight excluding hydrogens is 372 g/mol. The minimum absolute atomic E-state index is 0.193. The van der Waals surface area contributed by atoms with E-state index >= 15 is 0 Å². The molecule has 1 aromatic carbocycles. The zero-order chi connectivity index (χ0) is 15.5. The molecule has 0 spiro atoms. The molecule has 21 heavy (non-hydrogen) atoms. The number of nitrogens with one attached hydrogen (secondary N) is 2. The molecule has 1 atom stereocenters. The number of hydrogen-bond donors (Lipinski definition) is 2. The Morgan fingerprint density at radius 2 is 1.95 bits per heavy atom. The van der Waals surface area contributed by atoms with E-state index in [2.05, 4.69) is 26.0 Å². The van der Waals surface area contributed by atoms with Gasteiger partial charge >= 0.3 is 0 Å². The van der Waals surface area contributed by atoms with Gasteiger partial charge in [-0.25, -0.2) is 13.1 Å². The molecule has 0 aliphatic rings. The molecule has 0 bridgehead atoms. The average molecular weight is 389 g/mol. The Labute approximate surface area is 137 Å². The van der Waals surface area contributed by atoms with Gasteiger partial charge in [0.2, 0.25) is 10.0 Å². The summed E-state index contributed by atoms with van der Waals surface area (Å²) in [4.78, 5) is 1.25. The molecule has 1 heterocycles. The van der Waals surface area contributed by atoms with Crippen LogP contribution in [0.3, 0.4) is 0 Å². The van der Waals surface area contributed by atoms with Crippen LogP contribution in [0.5, 0.6) is 0 Å². The highest BCUT2D eigenvalue weighted by Gasteiger charge is 2.14. The van der Waals surface area contributed by atoms with Gasteiger partial charge in [0, 0.05) is 27.3 Å². The monoisotopic (exact) mass is 388 g/mol. The van der Waals surface area contributed by atoms with Crippen molar-refractivity contribution in [2.24, 2.45) is 0 Å². The van der Waals surface area contributed by atoms with E-state index in [1.807, 2.05) is 37.6 Å². The Bertz CT molecular complexity index is 696. The van der Waals surface area contributed by atoms with E-state index < -0.39 is 10.0 Å². The first-order valence-corrected chi connectivity index (χ1v) is 9.58. The van der Waals surface area contributed by atoms with Crippen molar-refractivity contribution in [2.45, 2.75) is 24.4 Å². The van der Waals surface area contributed by atoms with E-state index in [9.17, 15) is 8.42 Å². The second-order valence-corrected chi connectivity index (χ2v) is 8.31. The molecule has 7 heteroatoms. The maximum Gasteiger partial charge on any atom is 0.240 e. The van der Waals surface area contributed by atoms with Gasteiger partial charge in [0.15, 0.2) is 0 Å². The minimum Gasteiger partial charge on any atom is -0.313 e. The van der Waals surface area contributed by atoms with Crippen molar-refractivity contribution < 1.29 is 8.42 Å². The molecule has 2 aromatic rings. The fourth-order valence-corrected chi connectivity index (χ4v) is 4.29. The summed E-state index contributed by atoms with van der Waals surface area (Å²) < 4.78 is 28.0. The van der Waals surface area contributed by atoms with Crippen molar-refractivity contribution in [3.05, 3.63) is 50.6 Å². The zero-order valence-electron chi connectivity index (χ0n) is 11.8. The second kappa shape index (κ2) is 7.02. The van der Waals surface area contributed by atoms with E-state index in [0.29, 0.717) is 6.54 Å². The van der Waals surface area contributed by atoms with Crippen molar-refractivity contribution in [2.75, 3.05) is 7.05 Å². The van der Waals surface area contributed by atoms with Crippen LogP contribution in [-0.2, 0) is 16.6 Å². The Morgan fingerprint density at radius 1 is 1.29 bits per heavy atom. The van der Waals surface area contributed by atoms with Gasteiger partial charge < -0.3 is 5.32 Å². The number of halogens is 1. The maximum absolute atomic E-state index is 12.2. The van der Waals surface area contributed by atoms with Gasteiger partial charge in [-0.2, -0.15) is 0 Å². The first-order chi connectivity index (χ1) is 9.92. The molecule has 1 unspecified atom stereocenters. The fraction of sp³-hybridized carbons (Fsp3) is 0.286. The Hall–Kier alpha value is -0.730. The normalized spacial score (nSPS) is 13.3. The van der Waals surface area contributed by atoms with E-state index in [-0.39, 0.29) is 10.9 Å². The van der Waals surface area contributed by atoms with Crippen LogP contribution in [0.1, 0.15) is 23.4 Å². The Morgan fingerprint density at radius 3 is 2.48 bits per heavy atom. The number of hydrogen-bond acceptors (Lipinski definition) is 4. The molecule has 0 saturated heterocycles. The van der Waals surface area contributed by atoms with E-state index in [0.717, 1.165) is 14.9 Å². The lowest BCUT2D eigenvalue weighted by atomic mass is 10.1. The third-order valence-corrected chi connectivity index (χ3v) is 6.30. The van der Waals surface area contributed by atoms with Gasteiger partial charge in [-0.05, 0) is 53.7 Å². The highest BCUT2D eigenvalue weighted by atomic mass is 79.9. The first-order valence-electron chi connectivity index (χ1n) is 6.42. The van der Waals surface area contributed by atoms with Gasteiger partial charge in [-0.15, -0.1) is 11.3 Å². The fourth-order valence-electron chi connectivity index (χ4n) is 1.80. The molecule has 2 rings (SSSR count). The van der Waals surface area contributed by atoms with Gasteiger partial charge in [0.1, 0.15) is 0 Å². The largest absolute Gasteiger partial charge is 0.313 e. The lowest BCUT2D eigenvalue weighted by Gasteiger charge is -2.11. The SMILES string of the molecule is CNC(C)c1ccc(S(=O)(=O)NCc2cc(Br)cs2)cc1. The highest BCUT2D eigenvalue weighted by molar-refractivity contribution is 9.10. The molecule has 0 aliphatic carbocycles. The summed E-state index contributed by atoms with van der Waals surface area (Å²) in [6, 6.07) is 9.03. The van der Waals surface area contributed by atoms with Crippen LogP contribution < -0.4 is 10.0 Å². The molecule has 4 nitrogen and oxygen atoms in total. The Balaban J connectivity index is 2.08. The summed E-state index contributed by atoms with van der Waals surface area (Å²) in [6.07, 6.45) is 0. The molecular formula is C14H17BrN2O2S2. The van der Waals surface area contributed by atoms with Gasteiger partial charge in [-0.1, -0.05) is 12.1 Å². The van der Waals surface area contributed by atoms with E-state index in [1.165, 1.54) is 11.3 Å². The van der Waals surface area contributed by atoms with Crippen LogP contribution in [0, 0.1) is 0 Å². The average Bonchev–Trinajstić information content (AvgIpc) is 2.90. The number of sulfonamides is 1. The molecule has 114 valence electrons. The molecule has 0 aliphatic heterocycles. The smallest absolute Gasteiger partial charge is 0.240 e. The van der Waals surface area contributed by atoms with Gasteiger partial charge in [-0.3, -0.25) is 0 Å². The van der Waals surface area contributed by atoms with Crippen LogP contribution in [0.4, 0.5) is 0 Å². The quantitative estimate of drug-likeness (QED) is 0.797. The third kappa shape index (κ3) is 4.37. The van der Waals surface area contributed by atoms with E-state index in [1.54, 1.807) is 12.1 Å². The van der Waals surface area contributed by atoms with Crippen molar-refractivity contribution in [3.63, 3.8) is 0 Å². The summed E-state index contributed by atoms with van der Waals surface area (Å²) in [5.41, 5.74) is 1.05. The maximum atomic E-state index is 12.2. The summed E-state index contributed by atoms with van der Waals surface area (Å²) in [7, 11) is -1.61. The van der Waals surface area contributed by atoms with Crippen molar-refractivity contribution in [1.82, 2.24) is 10.0 Å². The minimum atomic E-state index is -3.48. The van der Waals surface area contributed by atoms with Gasteiger partial charge in [0.25, 0.3) is 0 Å². The zero-order valence-corrected chi connectivity index (χ0v) is 15.0. The molecule has 0 saturated carbocycles. The van der Waals surface area contributed by atoms with Crippen LogP contribution in [-0.4, -0.2) is 15.5 Å². The molecule has 0 radical (unpaired) electrons. The summed E-state index contributed by atoms with van der Waals surface area (Å²) >= 11 is 4.87. The number of thiophene rings is 1. The van der Waals surface area contributed by atoms with Crippen LogP contribution in [0.2, 0.25) is 0 Å². The highest BCUT2D eigenvalue weighted by Crippen LogP contribution is 2.20. The van der Waals surface area contributed by atoms with Gasteiger partial charge in [0.05, 0.1) is 4.90 Å². The second-order valence-electron chi connectivity index (χ2n) is 4.64. The Kier molecular flexibility index (Phi) is 5.56. The summed E-state index contributed by atoms with van der Waals surface area (Å²) in [5, 5.41) is 5.05. The molecule has 2 N–H and O–H groups in total. The first kappa shape index (κ1) is 16.6. The van der Waals surface area contributed by atoms with Crippen LogP contribution >= 0.6 is 27.3 Å². The predicted molar refractivity (Wildman–Crippen MR) is 90.0 cm³/mol.